The molecule has 22 heavy (non-hydrogen) atoms. The zero-order valence-electron chi connectivity index (χ0n) is 11.4. The van der Waals surface area contributed by atoms with Gasteiger partial charge in [0.2, 0.25) is 0 Å². The second-order valence-corrected chi connectivity index (χ2v) is 5.19. The third kappa shape index (κ3) is 3.55. The topological polar surface area (TPSA) is 61.7 Å². The maximum absolute atomic E-state index is 13.5. The smallest absolute Gasteiger partial charge is 0.271 e. The summed E-state index contributed by atoms with van der Waals surface area (Å²) in [4.78, 5) is 11.9. The number of carbonyl (C=O) groups is 1. The van der Waals surface area contributed by atoms with E-state index < -0.39 is 11.7 Å². The first-order valence-electron chi connectivity index (χ1n) is 6.17. The molecule has 114 valence electrons. The second kappa shape index (κ2) is 6.77. The van der Waals surface area contributed by atoms with Crippen molar-refractivity contribution in [3.8, 4) is 5.75 Å². The van der Waals surface area contributed by atoms with Gasteiger partial charge in [0.25, 0.3) is 5.91 Å². The van der Waals surface area contributed by atoms with Gasteiger partial charge in [-0.15, -0.1) is 0 Å². The molecule has 2 aromatic rings. The fraction of sp³-hybridized carbons (Fsp3) is 0.0667. The molecule has 4 nitrogen and oxygen atoms in total. The van der Waals surface area contributed by atoms with Gasteiger partial charge in [-0.1, -0.05) is 23.2 Å². The van der Waals surface area contributed by atoms with Gasteiger partial charge < -0.3 is 5.11 Å². The lowest BCUT2D eigenvalue weighted by atomic mass is 10.1. The summed E-state index contributed by atoms with van der Waals surface area (Å²) in [6.07, 6.45) is 0. The molecule has 0 radical (unpaired) electrons. The van der Waals surface area contributed by atoms with Crippen molar-refractivity contribution >= 4 is 34.8 Å². The van der Waals surface area contributed by atoms with E-state index >= 15 is 0 Å². The number of nitrogens with zero attached hydrogens (tertiary/aromatic N) is 1. The molecule has 0 spiro atoms. The lowest BCUT2D eigenvalue weighted by Gasteiger charge is -2.08. The number of benzene rings is 2. The highest BCUT2D eigenvalue weighted by molar-refractivity contribution is 6.40. The second-order valence-electron chi connectivity index (χ2n) is 4.40. The summed E-state index contributed by atoms with van der Waals surface area (Å²) >= 11 is 11.8. The Morgan fingerprint density at radius 2 is 1.82 bits per heavy atom. The Bertz CT molecular complexity index is 746. The number of rotatable bonds is 3. The Hall–Kier alpha value is -2.11. The SMILES string of the molecule is C/C(=N/NC(=O)c1ccc(O)cc1)c1c(Cl)ccc(F)c1Cl. The standard InChI is InChI=1S/C15H11Cl2FN2O2/c1-8(13-11(16)6-7-12(18)14(13)17)19-20-15(22)9-2-4-10(21)5-3-9/h2-7,21H,1H3,(H,20,22)/b19-8-. The van der Waals surface area contributed by atoms with Crippen molar-refractivity contribution < 1.29 is 14.3 Å². The summed E-state index contributed by atoms with van der Waals surface area (Å²) in [7, 11) is 0. The first-order valence-corrected chi connectivity index (χ1v) is 6.93. The quantitative estimate of drug-likeness (QED) is 0.504. The molecule has 7 heteroatoms. The molecule has 0 atom stereocenters. The largest absolute Gasteiger partial charge is 0.508 e. The number of carbonyl (C=O) groups excluding carboxylic acids is 1. The van der Waals surface area contributed by atoms with Gasteiger partial charge in [0.15, 0.2) is 0 Å². The van der Waals surface area contributed by atoms with E-state index in [4.69, 9.17) is 28.3 Å². The van der Waals surface area contributed by atoms with Crippen molar-refractivity contribution in [1.29, 1.82) is 0 Å². The van der Waals surface area contributed by atoms with Crippen LogP contribution in [0.5, 0.6) is 5.75 Å². The van der Waals surface area contributed by atoms with Crippen LogP contribution in [0.25, 0.3) is 0 Å². The van der Waals surface area contributed by atoms with Gasteiger partial charge in [-0.25, -0.2) is 9.82 Å². The first kappa shape index (κ1) is 16.3. The van der Waals surface area contributed by atoms with Crippen molar-refractivity contribution in [3.63, 3.8) is 0 Å². The number of halogens is 3. The van der Waals surface area contributed by atoms with Crippen LogP contribution in [0.1, 0.15) is 22.8 Å². The fourth-order valence-electron chi connectivity index (χ4n) is 1.73. The van der Waals surface area contributed by atoms with E-state index in [9.17, 15) is 9.18 Å². The molecule has 0 aliphatic carbocycles. The number of amides is 1. The van der Waals surface area contributed by atoms with Crippen molar-refractivity contribution in [2.45, 2.75) is 6.92 Å². The highest BCUT2D eigenvalue weighted by Gasteiger charge is 2.14. The van der Waals surface area contributed by atoms with Crippen molar-refractivity contribution in [2.24, 2.45) is 5.10 Å². The molecule has 0 aliphatic heterocycles. The van der Waals surface area contributed by atoms with E-state index in [1.807, 2.05) is 0 Å². The van der Waals surface area contributed by atoms with E-state index in [2.05, 4.69) is 10.5 Å². The molecule has 1 amide bonds. The molecule has 2 aromatic carbocycles. The molecule has 0 saturated heterocycles. The predicted octanol–water partition coefficient (Wildman–Crippen LogP) is 3.99. The molecule has 2 rings (SSSR count). The zero-order valence-corrected chi connectivity index (χ0v) is 12.9. The van der Waals surface area contributed by atoms with Crippen LogP contribution in [0.3, 0.4) is 0 Å². The van der Waals surface area contributed by atoms with Crippen LogP contribution in [0.2, 0.25) is 10.0 Å². The highest BCUT2D eigenvalue weighted by atomic mass is 35.5. The van der Waals surface area contributed by atoms with E-state index in [-0.39, 0.29) is 27.1 Å². The van der Waals surface area contributed by atoms with Gasteiger partial charge in [0.1, 0.15) is 11.6 Å². The van der Waals surface area contributed by atoms with Gasteiger partial charge >= 0.3 is 0 Å². The van der Waals surface area contributed by atoms with Crippen LogP contribution < -0.4 is 5.43 Å². The van der Waals surface area contributed by atoms with Crippen LogP contribution in [0.15, 0.2) is 41.5 Å². The zero-order chi connectivity index (χ0) is 16.3. The lowest BCUT2D eigenvalue weighted by molar-refractivity contribution is 0.0955. The molecule has 0 fully saturated rings. The summed E-state index contributed by atoms with van der Waals surface area (Å²) < 4.78 is 13.5. The molecule has 0 saturated carbocycles. The molecule has 0 aliphatic rings. The Labute approximate surface area is 136 Å². The van der Waals surface area contributed by atoms with Crippen molar-refractivity contribution in [1.82, 2.24) is 5.43 Å². The molecular formula is C15H11Cl2FN2O2. The maximum Gasteiger partial charge on any atom is 0.271 e. The Morgan fingerprint density at radius 3 is 2.45 bits per heavy atom. The average Bonchev–Trinajstić information content (AvgIpc) is 2.49. The number of hydrogen-bond donors (Lipinski definition) is 2. The third-order valence-corrected chi connectivity index (χ3v) is 3.54. The molecule has 0 unspecified atom stereocenters. The van der Waals surface area contributed by atoms with Crippen molar-refractivity contribution in [3.05, 3.63) is 63.4 Å². The summed E-state index contributed by atoms with van der Waals surface area (Å²) in [5.74, 6) is -1.06. The van der Waals surface area contributed by atoms with Crippen LogP contribution in [-0.4, -0.2) is 16.7 Å². The maximum atomic E-state index is 13.5. The molecule has 0 heterocycles. The van der Waals surface area contributed by atoms with Gasteiger partial charge in [0, 0.05) is 11.1 Å². The number of hydrogen-bond acceptors (Lipinski definition) is 3. The normalized spacial score (nSPS) is 11.4. The number of aromatic hydroxyl groups is 1. The Kier molecular flexibility index (Phi) is 5.00. The minimum atomic E-state index is -0.625. The highest BCUT2D eigenvalue weighted by Crippen LogP contribution is 2.27. The molecule has 2 N–H and O–H groups in total. The monoisotopic (exact) mass is 340 g/mol. The van der Waals surface area contributed by atoms with Gasteiger partial charge in [-0.2, -0.15) is 5.10 Å². The van der Waals surface area contributed by atoms with Crippen LogP contribution >= 0.6 is 23.2 Å². The van der Waals surface area contributed by atoms with E-state index in [0.29, 0.717) is 5.56 Å². The van der Waals surface area contributed by atoms with E-state index in [0.717, 1.165) is 6.07 Å². The average molecular weight is 341 g/mol. The van der Waals surface area contributed by atoms with Gasteiger partial charge in [-0.05, 0) is 43.3 Å². The predicted molar refractivity (Wildman–Crippen MR) is 84.2 cm³/mol. The lowest BCUT2D eigenvalue weighted by Crippen LogP contribution is -2.19. The number of hydrazone groups is 1. The van der Waals surface area contributed by atoms with E-state index in [1.165, 1.54) is 30.3 Å². The van der Waals surface area contributed by atoms with Crippen LogP contribution in [0, 0.1) is 5.82 Å². The number of phenolic OH excluding ortho intramolecular Hbond substituents is 1. The summed E-state index contributed by atoms with van der Waals surface area (Å²) in [6.45, 7) is 1.55. The first-order chi connectivity index (χ1) is 10.4. The summed E-state index contributed by atoms with van der Waals surface area (Å²) in [5, 5.41) is 13.1. The van der Waals surface area contributed by atoms with Gasteiger partial charge in [0.05, 0.1) is 15.8 Å². The fourth-order valence-corrected chi connectivity index (χ4v) is 2.37. The minimum absolute atomic E-state index is 0.0505. The summed E-state index contributed by atoms with van der Waals surface area (Å²) in [5.41, 5.74) is 3.11. The minimum Gasteiger partial charge on any atom is -0.508 e. The van der Waals surface area contributed by atoms with Crippen molar-refractivity contribution in [2.75, 3.05) is 0 Å². The number of nitrogens with one attached hydrogen (secondary N) is 1. The Morgan fingerprint density at radius 1 is 1.18 bits per heavy atom. The van der Waals surface area contributed by atoms with E-state index in [1.54, 1.807) is 6.92 Å². The molecule has 0 aromatic heterocycles. The Balaban J connectivity index is 2.22. The molecule has 0 bridgehead atoms. The van der Waals surface area contributed by atoms with Gasteiger partial charge in [-0.3, -0.25) is 4.79 Å². The van der Waals surface area contributed by atoms with Crippen LogP contribution in [-0.2, 0) is 0 Å². The molecular weight excluding hydrogens is 330 g/mol. The van der Waals surface area contributed by atoms with Crippen LogP contribution in [0.4, 0.5) is 4.39 Å². The third-order valence-electron chi connectivity index (χ3n) is 2.86. The number of phenols is 1. The summed E-state index contributed by atoms with van der Waals surface area (Å²) in [6, 6.07) is 8.16.